The van der Waals surface area contributed by atoms with Crippen molar-refractivity contribution in [3.63, 3.8) is 0 Å². The molecule has 0 aromatic carbocycles. The van der Waals surface area contributed by atoms with Gasteiger partial charge in [-0.05, 0) is 40.0 Å². The largest absolute Gasteiger partial charge is 0.459 e. The van der Waals surface area contributed by atoms with Gasteiger partial charge in [0.05, 0.1) is 0 Å². The zero-order chi connectivity index (χ0) is 16.5. The first-order valence-corrected chi connectivity index (χ1v) is 7.89. The highest BCUT2D eigenvalue weighted by molar-refractivity contribution is 5.76. The minimum absolute atomic E-state index is 0.161. The Kier molecular flexibility index (Phi) is 9.26. The van der Waals surface area contributed by atoms with Crippen molar-refractivity contribution in [1.29, 1.82) is 0 Å². The molecule has 1 atom stereocenters. The van der Waals surface area contributed by atoms with Crippen LogP contribution in [0.5, 0.6) is 0 Å². The molecule has 0 aliphatic heterocycles. The SMILES string of the molecule is CCCCN(C)C(=O)CCCCC(N)C(=O)OC(C)(C)C. The standard InChI is InChI=1S/C16H32N2O3/c1-6-7-12-18(5)14(19)11-9-8-10-13(17)15(20)21-16(2,3)4/h13H,6-12,17H2,1-5H3. The van der Waals surface area contributed by atoms with Gasteiger partial charge in [0.25, 0.3) is 0 Å². The summed E-state index contributed by atoms with van der Waals surface area (Å²) in [4.78, 5) is 25.3. The topological polar surface area (TPSA) is 72.6 Å². The Balaban J connectivity index is 3.84. The molecule has 21 heavy (non-hydrogen) atoms. The molecule has 1 amide bonds. The lowest BCUT2D eigenvalue weighted by atomic mass is 10.1. The number of hydrogen-bond donors (Lipinski definition) is 1. The van der Waals surface area contributed by atoms with E-state index in [-0.39, 0.29) is 11.9 Å². The van der Waals surface area contributed by atoms with Gasteiger partial charge in [-0.15, -0.1) is 0 Å². The van der Waals surface area contributed by atoms with Gasteiger partial charge >= 0.3 is 5.97 Å². The molecule has 0 heterocycles. The van der Waals surface area contributed by atoms with Crippen LogP contribution in [0, 0.1) is 0 Å². The number of esters is 1. The summed E-state index contributed by atoms with van der Waals surface area (Å²) in [6.45, 7) is 8.39. The maximum Gasteiger partial charge on any atom is 0.323 e. The summed E-state index contributed by atoms with van der Waals surface area (Å²) in [6.07, 6.45) is 4.70. The van der Waals surface area contributed by atoms with Gasteiger partial charge in [0.2, 0.25) is 5.91 Å². The van der Waals surface area contributed by atoms with Crippen LogP contribution in [0.3, 0.4) is 0 Å². The quantitative estimate of drug-likeness (QED) is 0.524. The Morgan fingerprint density at radius 3 is 2.33 bits per heavy atom. The molecule has 5 nitrogen and oxygen atoms in total. The van der Waals surface area contributed by atoms with E-state index in [4.69, 9.17) is 10.5 Å². The Bertz CT molecular complexity index is 324. The number of unbranched alkanes of at least 4 members (excludes halogenated alkanes) is 2. The first kappa shape index (κ1) is 19.9. The predicted molar refractivity (Wildman–Crippen MR) is 84.8 cm³/mol. The van der Waals surface area contributed by atoms with Crippen LogP contribution in [0.15, 0.2) is 0 Å². The number of nitrogens with zero attached hydrogens (tertiary/aromatic N) is 1. The van der Waals surface area contributed by atoms with E-state index in [2.05, 4.69) is 6.92 Å². The van der Waals surface area contributed by atoms with Gasteiger partial charge in [0.1, 0.15) is 11.6 Å². The van der Waals surface area contributed by atoms with Crippen molar-refractivity contribution in [2.75, 3.05) is 13.6 Å². The minimum atomic E-state index is -0.600. The Morgan fingerprint density at radius 2 is 1.81 bits per heavy atom. The van der Waals surface area contributed by atoms with E-state index in [1.54, 1.807) is 4.90 Å². The maximum absolute atomic E-state index is 11.8. The predicted octanol–water partition coefficient (Wildman–Crippen LogP) is 2.47. The van der Waals surface area contributed by atoms with Crippen molar-refractivity contribution in [3.05, 3.63) is 0 Å². The summed E-state index contributed by atoms with van der Waals surface area (Å²) in [5.41, 5.74) is 5.29. The number of nitrogens with two attached hydrogens (primary N) is 1. The average molecular weight is 300 g/mol. The van der Waals surface area contributed by atoms with Gasteiger partial charge in [0.15, 0.2) is 0 Å². The molecule has 0 aromatic rings. The highest BCUT2D eigenvalue weighted by Gasteiger charge is 2.21. The van der Waals surface area contributed by atoms with Crippen molar-refractivity contribution >= 4 is 11.9 Å². The summed E-state index contributed by atoms with van der Waals surface area (Å²) >= 11 is 0. The van der Waals surface area contributed by atoms with Crippen LogP contribution in [0.4, 0.5) is 0 Å². The second-order valence-corrected chi connectivity index (χ2v) is 6.55. The molecule has 0 aliphatic rings. The summed E-state index contributed by atoms with van der Waals surface area (Å²) in [6, 6.07) is -0.600. The molecule has 0 spiro atoms. The summed E-state index contributed by atoms with van der Waals surface area (Å²) in [7, 11) is 1.84. The number of ether oxygens (including phenoxy) is 1. The Morgan fingerprint density at radius 1 is 1.19 bits per heavy atom. The second-order valence-electron chi connectivity index (χ2n) is 6.55. The van der Waals surface area contributed by atoms with Gasteiger partial charge in [-0.25, -0.2) is 0 Å². The average Bonchev–Trinajstić information content (AvgIpc) is 2.38. The van der Waals surface area contributed by atoms with Crippen LogP contribution in [0.25, 0.3) is 0 Å². The van der Waals surface area contributed by atoms with E-state index in [1.165, 1.54) is 0 Å². The second kappa shape index (κ2) is 9.77. The number of carbonyl (C=O) groups is 2. The van der Waals surface area contributed by atoms with Crippen LogP contribution in [-0.2, 0) is 14.3 Å². The third-order valence-corrected chi connectivity index (χ3v) is 3.14. The van der Waals surface area contributed by atoms with Gasteiger partial charge in [-0.1, -0.05) is 19.8 Å². The monoisotopic (exact) mass is 300 g/mol. The van der Waals surface area contributed by atoms with Crippen molar-refractivity contribution < 1.29 is 14.3 Å². The smallest absolute Gasteiger partial charge is 0.323 e. The third kappa shape index (κ3) is 10.3. The number of hydrogen-bond acceptors (Lipinski definition) is 4. The lowest BCUT2D eigenvalue weighted by Crippen LogP contribution is -2.37. The van der Waals surface area contributed by atoms with E-state index >= 15 is 0 Å². The molecule has 0 saturated heterocycles. The summed E-state index contributed by atoms with van der Waals surface area (Å²) in [5.74, 6) is -0.205. The van der Waals surface area contributed by atoms with E-state index in [0.717, 1.165) is 32.2 Å². The molecule has 0 aromatic heterocycles. The third-order valence-electron chi connectivity index (χ3n) is 3.14. The van der Waals surface area contributed by atoms with E-state index in [9.17, 15) is 9.59 Å². The molecule has 2 N–H and O–H groups in total. The fraction of sp³-hybridized carbons (Fsp3) is 0.875. The molecule has 124 valence electrons. The minimum Gasteiger partial charge on any atom is -0.459 e. The van der Waals surface area contributed by atoms with Crippen molar-refractivity contribution in [2.45, 2.75) is 77.9 Å². The van der Waals surface area contributed by atoms with Crippen LogP contribution in [0.2, 0.25) is 0 Å². The molecule has 0 saturated carbocycles. The summed E-state index contributed by atoms with van der Waals surface area (Å²) in [5, 5.41) is 0. The van der Waals surface area contributed by atoms with Crippen LogP contribution < -0.4 is 5.73 Å². The van der Waals surface area contributed by atoms with Crippen molar-refractivity contribution in [1.82, 2.24) is 4.90 Å². The molecular weight excluding hydrogens is 268 g/mol. The van der Waals surface area contributed by atoms with Crippen LogP contribution in [-0.4, -0.2) is 42.0 Å². The Hall–Kier alpha value is -1.10. The van der Waals surface area contributed by atoms with Gasteiger partial charge in [0, 0.05) is 20.0 Å². The molecule has 5 heteroatoms. The Labute approximate surface area is 129 Å². The fourth-order valence-corrected chi connectivity index (χ4v) is 1.85. The van der Waals surface area contributed by atoms with Crippen molar-refractivity contribution in [3.8, 4) is 0 Å². The van der Waals surface area contributed by atoms with Gasteiger partial charge in [-0.3, -0.25) is 9.59 Å². The number of carbonyl (C=O) groups excluding carboxylic acids is 2. The van der Waals surface area contributed by atoms with Crippen LogP contribution in [0.1, 0.15) is 66.2 Å². The first-order valence-electron chi connectivity index (χ1n) is 7.89. The lowest BCUT2D eigenvalue weighted by Gasteiger charge is -2.22. The van der Waals surface area contributed by atoms with Gasteiger partial charge in [-0.2, -0.15) is 0 Å². The lowest BCUT2D eigenvalue weighted by molar-refractivity contribution is -0.156. The zero-order valence-corrected chi connectivity index (χ0v) is 14.3. The highest BCUT2D eigenvalue weighted by atomic mass is 16.6. The molecular formula is C16H32N2O3. The first-order chi connectivity index (χ1) is 9.67. The zero-order valence-electron chi connectivity index (χ0n) is 14.3. The molecule has 0 fully saturated rings. The van der Waals surface area contributed by atoms with E-state index in [1.807, 2.05) is 27.8 Å². The molecule has 1 unspecified atom stereocenters. The molecule has 0 rings (SSSR count). The normalized spacial score (nSPS) is 12.9. The maximum atomic E-state index is 11.8. The summed E-state index contributed by atoms with van der Waals surface area (Å²) < 4.78 is 5.22. The molecule has 0 aliphatic carbocycles. The van der Waals surface area contributed by atoms with Crippen LogP contribution >= 0.6 is 0 Å². The number of rotatable bonds is 9. The number of amides is 1. The van der Waals surface area contributed by atoms with E-state index in [0.29, 0.717) is 12.8 Å². The van der Waals surface area contributed by atoms with Gasteiger partial charge < -0.3 is 15.4 Å². The molecule has 0 radical (unpaired) electrons. The highest BCUT2D eigenvalue weighted by Crippen LogP contribution is 2.11. The molecule has 0 bridgehead atoms. The van der Waals surface area contributed by atoms with E-state index < -0.39 is 11.6 Å². The fourth-order valence-electron chi connectivity index (χ4n) is 1.85. The van der Waals surface area contributed by atoms with Crippen molar-refractivity contribution in [2.24, 2.45) is 5.73 Å².